The Bertz CT molecular complexity index is 919. The molecule has 0 radical (unpaired) electrons. The highest BCUT2D eigenvalue weighted by Crippen LogP contribution is 2.44. The molecule has 3 rings (SSSR count). The third-order valence-electron chi connectivity index (χ3n) is 5.30. The minimum atomic E-state index is -1.12. The van der Waals surface area contributed by atoms with Crippen molar-refractivity contribution in [1.82, 2.24) is 0 Å². The Morgan fingerprint density at radius 1 is 0.500 bits per heavy atom. The Morgan fingerprint density at radius 2 is 0.821 bits per heavy atom. The molecule has 3 aromatic carbocycles. The van der Waals surface area contributed by atoms with Gasteiger partial charge in [-0.2, -0.15) is 0 Å². The van der Waals surface area contributed by atoms with Crippen molar-refractivity contribution in [2.75, 3.05) is 0 Å². The zero-order chi connectivity index (χ0) is 20.7. The van der Waals surface area contributed by atoms with Crippen LogP contribution in [-0.2, 0) is 11.2 Å². The Hall–Kier alpha value is -2.42. The van der Waals surface area contributed by atoms with Crippen molar-refractivity contribution in [3.63, 3.8) is 0 Å². The minimum Gasteiger partial charge on any atom is -0.386 e. The standard InChI is InChI=1S/C26H30O2/c1-17-11-7-9-13-19(17)21-15-16-22(20-14-10-8-12-18(20)2)24(26(5,6)28)23(21)25(3,4)27/h7-16,27-28H,1-6H3. The summed E-state index contributed by atoms with van der Waals surface area (Å²) in [6, 6.07) is 20.5. The number of aryl methyl sites for hydroxylation is 2. The van der Waals surface area contributed by atoms with Gasteiger partial charge in [0.2, 0.25) is 0 Å². The average molecular weight is 375 g/mol. The van der Waals surface area contributed by atoms with E-state index < -0.39 is 11.2 Å². The van der Waals surface area contributed by atoms with Crippen LogP contribution in [0.15, 0.2) is 60.7 Å². The topological polar surface area (TPSA) is 40.5 Å². The van der Waals surface area contributed by atoms with Crippen LogP contribution in [-0.4, -0.2) is 10.2 Å². The highest BCUT2D eigenvalue weighted by molar-refractivity contribution is 5.81. The summed E-state index contributed by atoms with van der Waals surface area (Å²) in [6.45, 7) is 11.3. The van der Waals surface area contributed by atoms with Crippen LogP contribution in [0.1, 0.15) is 49.9 Å². The predicted molar refractivity (Wildman–Crippen MR) is 117 cm³/mol. The molecule has 0 aromatic heterocycles. The first-order valence-corrected chi connectivity index (χ1v) is 9.76. The molecule has 3 aromatic rings. The van der Waals surface area contributed by atoms with E-state index in [0.717, 1.165) is 44.5 Å². The molecule has 0 amide bonds. The smallest absolute Gasteiger partial charge is 0.0850 e. The summed E-state index contributed by atoms with van der Waals surface area (Å²) in [6.07, 6.45) is 0. The average Bonchev–Trinajstić information content (AvgIpc) is 2.60. The second-order valence-corrected chi connectivity index (χ2v) is 8.66. The second-order valence-electron chi connectivity index (χ2n) is 8.66. The van der Waals surface area contributed by atoms with Gasteiger partial charge in [-0.15, -0.1) is 0 Å². The van der Waals surface area contributed by atoms with Gasteiger partial charge in [0, 0.05) is 0 Å². The minimum absolute atomic E-state index is 0.773. The molecule has 146 valence electrons. The van der Waals surface area contributed by atoms with Gasteiger partial charge < -0.3 is 10.2 Å². The quantitative estimate of drug-likeness (QED) is 0.580. The molecule has 0 unspecified atom stereocenters. The Kier molecular flexibility index (Phi) is 5.22. The van der Waals surface area contributed by atoms with Crippen molar-refractivity contribution in [3.8, 4) is 22.3 Å². The number of hydrogen-bond donors (Lipinski definition) is 2. The lowest BCUT2D eigenvalue weighted by Gasteiger charge is -2.33. The fraction of sp³-hybridized carbons (Fsp3) is 0.308. The Labute approximate surface area is 168 Å². The number of benzene rings is 3. The first-order chi connectivity index (χ1) is 13.0. The SMILES string of the molecule is Cc1ccccc1-c1ccc(-c2ccccc2C)c(C(C)(C)O)c1C(C)(C)O. The maximum absolute atomic E-state index is 11.2. The van der Waals surface area contributed by atoms with Gasteiger partial charge in [-0.25, -0.2) is 0 Å². The second kappa shape index (κ2) is 7.20. The monoisotopic (exact) mass is 374 g/mol. The lowest BCUT2D eigenvalue weighted by Crippen LogP contribution is -2.28. The van der Waals surface area contributed by atoms with Crippen LogP contribution < -0.4 is 0 Å². The molecule has 0 saturated heterocycles. The molecule has 0 heterocycles. The molecule has 0 aliphatic heterocycles. The van der Waals surface area contributed by atoms with Crippen LogP contribution in [0.3, 0.4) is 0 Å². The van der Waals surface area contributed by atoms with Crippen molar-refractivity contribution < 1.29 is 10.2 Å². The molecule has 0 aliphatic carbocycles. The van der Waals surface area contributed by atoms with Crippen molar-refractivity contribution in [2.45, 2.75) is 52.7 Å². The molecular formula is C26H30O2. The number of aliphatic hydroxyl groups is 2. The summed E-state index contributed by atoms with van der Waals surface area (Å²) >= 11 is 0. The van der Waals surface area contributed by atoms with Crippen molar-refractivity contribution in [3.05, 3.63) is 82.9 Å². The van der Waals surface area contributed by atoms with E-state index in [0.29, 0.717) is 0 Å². The summed E-state index contributed by atoms with van der Waals surface area (Å²) in [5.41, 5.74) is 5.64. The summed E-state index contributed by atoms with van der Waals surface area (Å²) < 4.78 is 0. The largest absolute Gasteiger partial charge is 0.386 e. The summed E-state index contributed by atoms with van der Waals surface area (Å²) in [7, 11) is 0. The molecule has 0 spiro atoms. The van der Waals surface area contributed by atoms with Gasteiger partial charge in [0.1, 0.15) is 0 Å². The highest BCUT2D eigenvalue weighted by Gasteiger charge is 2.34. The third kappa shape index (κ3) is 3.76. The van der Waals surface area contributed by atoms with Crippen molar-refractivity contribution in [2.24, 2.45) is 0 Å². The lowest BCUT2D eigenvalue weighted by molar-refractivity contribution is 0.0533. The molecular weight excluding hydrogens is 344 g/mol. The lowest BCUT2D eigenvalue weighted by atomic mass is 9.76. The fourth-order valence-electron chi connectivity index (χ4n) is 4.07. The van der Waals surface area contributed by atoms with Gasteiger partial charge in [-0.1, -0.05) is 60.7 Å². The summed E-state index contributed by atoms with van der Waals surface area (Å²) in [4.78, 5) is 0. The molecule has 0 bridgehead atoms. The summed E-state index contributed by atoms with van der Waals surface area (Å²) in [5.74, 6) is 0. The fourth-order valence-corrected chi connectivity index (χ4v) is 4.07. The van der Waals surface area contributed by atoms with E-state index in [1.165, 1.54) is 0 Å². The van der Waals surface area contributed by atoms with Crippen molar-refractivity contribution in [1.29, 1.82) is 0 Å². The van der Waals surface area contributed by atoms with E-state index in [2.05, 4.69) is 50.2 Å². The van der Waals surface area contributed by atoms with Crippen LogP contribution >= 0.6 is 0 Å². The molecule has 2 nitrogen and oxygen atoms in total. The molecule has 0 fully saturated rings. The van der Waals surface area contributed by atoms with E-state index in [1.807, 2.05) is 24.3 Å². The maximum atomic E-state index is 11.2. The van der Waals surface area contributed by atoms with Crippen LogP contribution in [0.25, 0.3) is 22.3 Å². The van der Waals surface area contributed by atoms with E-state index in [-0.39, 0.29) is 0 Å². The van der Waals surface area contributed by atoms with Gasteiger partial charge >= 0.3 is 0 Å². The number of hydrogen-bond acceptors (Lipinski definition) is 2. The molecule has 2 heteroatoms. The van der Waals surface area contributed by atoms with Crippen LogP contribution in [0.2, 0.25) is 0 Å². The van der Waals surface area contributed by atoms with E-state index in [1.54, 1.807) is 27.7 Å². The van der Waals surface area contributed by atoms with Gasteiger partial charge in [-0.3, -0.25) is 0 Å². The third-order valence-corrected chi connectivity index (χ3v) is 5.30. The molecule has 0 aliphatic rings. The summed E-state index contributed by atoms with van der Waals surface area (Å²) in [5, 5.41) is 22.4. The predicted octanol–water partition coefficient (Wildman–Crippen LogP) is 6.09. The zero-order valence-electron chi connectivity index (χ0n) is 17.7. The van der Waals surface area contributed by atoms with Gasteiger partial charge in [-0.05, 0) is 86.1 Å². The molecule has 0 atom stereocenters. The zero-order valence-corrected chi connectivity index (χ0v) is 17.7. The Morgan fingerprint density at radius 3 is 1.11 bits per heavy atom. The molecule has 28 heavy (non-hydrogen) atoms. The molecule has 0 saturated carbocycles. The first-order valence-electron chi connectivity index (χ1n) is 9.76. The van der Waals surface area contributed by atoms with E-state index >= 15 is 0 Å². The normalized spacial score (nSPS) is 12.3. The van der Waals surface area contributed by atoms with Gasteiger partial charge in [0.25, 0.3) is 0 Å². The van der Waals surface area contributed by atoms with Gasteiger partial charge in [0.05, 0.1) is 11.2 Å². The van der Waals surface area contributed by atoms with Crippen molar-refractivity contribution >= 4 is 0 Å². The van der Waals surface area contributed by atoms with E-state index in [9.17, 15) is 10.2 Å². The maximum Gasteiger partial charge on any atom is 0.0850 e. The van der Waals surface area contributed by atoms with Crippen LogP contribution in [0, 0.1) is 13.8 Å². The van der Waals surface area contributed by atoms with Gasteiger partial charge in [0.15, 0.2) is 0 Å². The first kappa shape index (κ1) is 20.3. The molecule has 2 N–H and O–H groups in total. The number of rotatable bonds is 4. The highest BCUT2D eigenvalue weighted by atomic mass is 16.3. The van der Waals surface area contributed by atoms with E-state index in [4.69, 9.17) is 0 Å². The Balaban J connectivity index is 2.47. The van der Waals surface area contributed by atoms with Crippen LogP contribution in [0.4, 0.5) is 0 Å². The van der Waals surface area contributed by atoms with Crippen LogP contribution in [0.5, 0.6) is 0 Å².